The van der Waals surface area contributed by atoms with E-state index in [1.807, 2.05) is 15.9 Å². The first-order chi connectivity index (χ1) is 16.0. The minimum Gasteiger partial charge on any atom is -0.363 e. The molecule has 3 heterocycles. The maximum absolute atomic E-state index is 13.9. The van der Waals surface area contributed by atoms with Crippen LogP contribution in [0.25, 0.3) is 5.57 Å². The lowest BCUT2D eigenvalue weighted by atomic mass is 10.0. The monoisotopic (exact) mass is 447 g/mol. The zero-order chi connectivity index (χ0) is 22.9. The van der Waals surface area contributed by atoms with Gasteiger partial charge in [-0.3, -0.25) is 9.59 Å². The summed E-state index contributed by atoms with van der Waals surface area (Å²) >= 11 is 0. The van der Waals surface area contributed by atoms with Gasteiger partial charge >= 0.3 is 0 Å². The van der Waals surface area contributed by atoms with Crippen molar-refractivity contribution in [1.29, 1.82) is 0 Å². The van der Waals surface area contributed by atoms with Gasteiger partial charge in [0.05, 0.1) is 11.3 Å². The summed E-state index contributed by atoms with van der Waals surface area (Å²) in [4.78, 5) is 40.2. The number of benzene rings is 2. The van der Waals surface area contributed by atoms with E-state index < -0.39 is 23.4 Å². The molecule has 0 spiro atoms. The third kappa shape index (κ3) is 3.71. The van der Waals surface area contributed by atoms with Gasteiger partial charge in [-0.05, 0) is 23.8 Å². The molecule has 0 bridgehead atoms. The maximum atomic E-state index is 13.9. The Morgan fingerprint density at radius 2 is 1.39 bits per heavy atom. The highest BCUT2D eigenvalue weighted by molar-refractivity contribution is 6.45. The Hall–Kier alpha value is -4.14. The molecule has 33 heavy (non-hydrogen) atoms. The van der Waals surface area contributed by atoms with Gasteiger partial charge in [0.2, 0.25) is 5.95 Å². The van der Waals surface area contributed by atoms with Gasteiger partial charge in [0.25, 0.3) is 11.8 Å². The summed E-state index contributed by atoms with van der Waals surface area (Å²) in [5.74, 6) is -2.70. The Morgan fingerprint density at radius 3 is 2.06 bits per heavy atom. The van der Waals surface area contributed by atoms with Crippen molar-refractivity contribution in [3.63, 3.8) is 0 Å². The summed E-state index contributed by atoms with van der Waals surface area (Å²) in [6.45, 7) is 2.05. The number of halogens is 2. The van der Waals surface area contributed by atoms with Crippen molar-refractivity contribution in [2.45, 2.75) is 0 Å². The molecule has 9 heteroatoms. The molecule has 1 fully saturated rings. The van der Waals surface area contributed by atoms with E-state index in [4.69, 9.17) is 0 Å². The van der Waals surface area contributed by atoms with E-state index in [9.17, 15) is 18.4 Å². The second-order valence-corrected chi connectivity index (χ2v) is 7.66. The highest BCUT2D eigenvalue weighted by Crippen LogP contribution is 2.35. The Morgan fingerprint density at radius 1 is 0.727 bits per heavy atom. The number of aromatic nitrogens is 2. The van der Waals surface area contributed by atoms with Crippen LogP contribution in [0, 0.1) is 11.6 Å². The number of amides is 2. The van der Waals surface area contributed by atoms with Crippen LogP contribution in [0.2, 0.25) is 0 Å². The van der Waals surface area contributed by atoms with Crippen LogP contribution in [-0.4, -0.2) is 52.9 Å². The van der Waals surface area contributed by atoms with Crippen LogP contribution in [0.15, 0.2) is 72.7 Å². The summed E-state index contributed by atoms with van der Waals surface area (Å²) in [7, 11) is 0. The van der Waals surface area contributed by atoms with Crippen LogP contribution >= 0.6 is 0 Å². The minimum atomic E-state index is -1.13. The second-order valence-electron chi connectivity index (χ2n) is 7.66. The zero-order valence-corrected chi connectivity index (χ0v) is 17.5. The number of rotatable bonds is 4. The number of carbonyl (C=O) groups excluding carboxylic acids is 2. The lowest BCUT2D eigenvalue weighted by molar-refractivity contribution is -0.120. The molecule has 1 aromatic heterocycles. The average molecular weight is 447 g/mol. The van der Waals surface area contributed by atoms with E-state index in [0.717, 1.165) is 17.0 Å². The molecular weight excluding hydrogens is 428 g/mol. The number of carbonyl (C=O) groups is 2. The van der Waals surface area contributed by atoms with Gasteiger partial charge in [-0.2, -0.15) is 0 Å². The maximum Gasteiger partial charge on any atom is 0.282 e. The largest absolute Gasteiger partial charge is 0.363 e. The number of piperazine rings is 1. The predicted octanol–water partition coefficient (Wildman–Crippen LogP) is 2.86. The van der Waals surface area contributed by atoms with Crippen molar-refractivity contribution in [2.75, 3.05) is 36.0 Å². The smallest absolute Gasteiger partial charge is 0.282 e. The molecule has 0 unspecified atom stereocenters. The normalized spacial score (nSPS) is 16.7. The molecule has 0 radical (unpaired) electrons. The van der Waals surface area contributed by atoms with Crippen molar-refractivity contribution in [1.82, 2.24) is 14.9 Å². The first-order valence-electron chi connectivity index (χ1n) is 10.4. The van der Waals surface area contributed by atoms with E-state index in [1.54, 1.807) is 42.7 Å². The number of nitrogens with zero attached hydrogens (tertiary/aromatic N) is 5. The third-order valence-corrected chi connectivity index (χ3v) is 5.71. The van der Waals surface area contributed by atoms with Gasteiger partial charge < -0.3 is 9.80 Å². The molecule has 2 aliphatic heterocycles. The molecule has 2 amide bonds. The van der Waals surface area contributed by atoms with Gasteiger partial charge in [-0.1, -0.05) is 30.3 Å². The summed E-state index contributed by atoms with van der Waals surface area (Å²) in [6, 6.07) is 13.6. The Bertz CT molecular complexity index is 1240. The van der Waals surface area contributed by atoms with Crippen molar-refractivity contribution >= 4 is 29.0 Å². The summed E-state index contributed by atoms with van der Waals surface area (Å²) in [5.41, 5.74) is 1.08. The molecule has 166 valence electrons. The van der Waals surface area contributed by atoms with Gasteiger partial charge in [0, 0.05) is 44.6 Å². The number of imide groups is 1. The predicted molar refractivity (Wildman–Crippen MR) is 118 cm³/mol. The van der Waals surface area contributed by atoms with Gasteiger partial charge in [0.15, 0.2) is 11.6 Å². The van der Waals surface area contributed by atoms with E-state index in [0.29, 0.717) is 37.7 Å². The Kier molecular flexibility index (Phi) is 5.29. The van der Waals surface area contributed by atoms with Gasteiger partial charge in [0.1, 0.15) is 5.70 Å². The first kappa shape index (κ1) is 20.7. The molecule has 2 aliphatic rings. The molecule has 3 aromatic rings. The van der Waals surface area contributed by atoms with Gasteiger partial charge in [-0.25, -0.2) is 23.6 Å². The topological polar surface area (TPSA) is 69.6 Å². The number of hydrogen-bond acceptors (Lipinski definition) is 6. The highest BCUT2D eigenvalue weighted by atomic mass is 19.2. The van der Waals surface area contributed by atoms with E-state index in [-0.39, 0.29) is 17.0 Å². The fourth-order valence-corrected chi connectivity index (χ4v) is 4.12. The van der Waals surface area contributed by atoms with Crippen LogP contribution in [0.1, 0.15) is 5.56 Å². The van der Waals surface area contributed by atoms with Crippen LogP contribution in [0.5, 0.6) is 0 Å². The molecule has 1 saturated heterocycles. The van der Waals surface area contributed by atoms with Crippen LogP contribution in [0.3, 0.4) is 0 Å². The van der Waals surface area contributed by atoms with Crippen LogP contribution < -0.4 is 9.80 Å². The standard InChI is InChI=1S/C24H19F2N5O2/c25-18-8-7-17(15-19(18)26)31-22(32)20(16-5-2-1-3-6-16)21(23(31)33)29-11-13-30(14-12-29)24-27-9-4-10-28-24/h1-10,15H,11-14H2. The lowest BCUT2D eigenvalue weighted by Crippen LogP contribution is -2.48. The molecular formula is C24H19F2N5O2. The zero-order valence-electron chi connectivity index (χ0n) is 17.5. The van der Waals surface area contributed by atoms with Crippen molar-refractivity contribution in [3.05, 3.63) is 89.9 Å². The number of anilines is 2. The molecule has 0 saturated carbocycles. The van der Waals surface area contributed by atoms with E-state index in [1.165, 1.54) is 6.07 Å². The fraction of sp³-hybridized carbons (Fsp3) is 0.167. The second kappa shape index (κ2) is 8.42. The minimum absolute atomic E-state index is 0.0105. The number of hydrogen-bond donors (Lipinski definition) is 0. The summed E-state index contributed by atoms with van der Waals surface area (Å²) in [5, 5.41) is 0. The van der Waals surface area contributed by atoms with E-state index in [2.05, 4.69) is 9.97 Å². The van der Waals surface area contributed by atoms with Crippen molar-refractivity contribution < 1.29 is 18.4 Å². The van der Waals surface area contributed by atoms with Crippen LogP contribution in [-0.2, 0) is 9.59 Å². The molecule has 2 aromatic carbocycles. The van der Waals surface area contributed by atoms with Crippen LogP contribution in [0.4, 0.5) is 20.4 Å². The first-order valence-corrected chi connectivity index (χ1v) is 10.4. The fourth-order valence-electron chi connectivity index (χ4n) is 4.12. The molecule has 5 rings (SSSR count). The molecule has 7 nitrogen and oxygen atoms in total. The third-order valence-electron chi connectivity index (χ3n) is 5.71. The summed E-state index contributed by atoms with van der Waals surface area (Å²) in [6.07, 6.45) is 3.34. The molecule has 0 N–H and O–H groups in total. The highest BCUT2D eigenvalue weighted by Gasteiger charge is 2.43. The van der Waals surface area contributed by atoms with Crippen molar-refractivity contribution in [2.24, 2.45) is 0 Å². The average Bonchev–Trinajstić information content (AvgIpc) is 3.12. The quantitative estimate of drug-likeness (QED) is 0.573. The molecule has 0 atom stereocenters. The lowest BCUT2D eigenvalue weighted by Gasteiger charge is -2.36. The van der Waals surface area contributed by atoms with Crippen molar-refractivity contribution in [3.8, 4) is 0 Å². The SMILES string of the molecule is O=C1C(c2ccccc2)=C(N2CCN(c3ncccn3)CC2)C(=O)N1c1ccc(F)c(F)c1. The summed E-state index contributed by atoms with van der Waals surface area (Å²) < 4.78 is 27.4. The molecule has 0 aliphatic carbocycles. The Balaban J connectivity index is 1.50. The van der Waals surface area contributed by atoms with E-state index >= 15 is 0 Å². The van der Waals surface area contributed by atoms with Gasteiger partial charge in [-0.15, -0.1) is 0 Å². The Labute approximate surface area is 188 Å².